The number of anilines is 2. The fraction of sp³-hybridized carbons (Fsp3) is 0.556. The van der Waals surface area contributed by atoms with Crippen LogP contribution in [-0.4, -0.2) is 32.2 Å². The molecule has 0 saturated heterocycles. The van der Waals surface area contributed by atoms with Gasteiger partial charge in [0.15, 0.2) is 0 Å². The van der Waals surface area contributed by atoms with Gasteiger partial charge in [0.2, 0.25) is 5.95 Å². The molecule has 1 heterocycles. The van der Waals surface area contributed by atoms with E-state index in [2.05, 4.69) is 20.7 Å². The summed E-state index contributed by atoms with van der Waals surface area (Å²) < 4.78 is 11.2. The fourth-order valence-electron chi connectivity index (χ4n) is 1.16. The van der Waals surface area contributed by atoms with Crippen molar-refractivity contribution in [2.24, 2.45) is 5.84 Å². The van der Waals surface area contributed by atoms with Gasteiger partial charge in [-0.3, -0.25) is 9.63 Å². The number of aryl methyl sites for hydroxylation is 1. The van der Waals surface area contributed by atoms with Crippen molar-refractivity contribution in [1.82, 2.24) is 9.97 Å². The highest BCUT2D eigenvalue weighted by Gasteiger charge is 2.01. The summed E-state index contributed by atoms with van der Waals surface area (Å²) in [4.78, 5) is 8.18. The molecule has 0 saturated carbocycles. The van der Waals surface area contributed by atoms with Crippen LogP contribution in [0.1, 0.15) is 12.6 Å². The average Bonchev–Trinajstić information content (AvgIpc) is 2.28. The highest BCUT2D eigenvalue weighted by molar-refractivity contribution is 7.84. The summed E-state index contributed by atoms with van der Waals surface area (Å²) in [5, 5.41) is 3.09. The molecule has 6 nitrogen and oxygen atoms in total. The predicted octanol–water partition coefficient (Wildman–Crippen LogP) is 0.251. The zero-order valence-corrected chi connectivity index (χ0v) is 10.3. The molecule has 16 heavy (non-hydrogen) atoms. The van der Waals surface area contributed by atoms with Gasteiger partial charge in [0.05, 0.1) is 0 Å². The van der Waals surface area contributed by atoms with Crippen LogP contribution in [0.3, 0.4) is 0 Å². The number of rotatable bonds is 6. The molecule has 0 aliphatic heterocycles. The minimum Gasteiger partial charge on any atom is -0.369 e. The van der Waals surface area contributed by atoms with E-state index in [0.717, 1.165) is 5.69 Å². The molecule has 0 spiro atoms. The Hall–Kier alpha value is -1.21. The number of nitrogens with zero attached hydrogens (tertiary/aromatic N) is 2. The molecule has 1 unspecified atom stereocenters. The van der Waals surface area contributed by atoms with Crippen molar-refractivity contribution >= 4 is 22.6 Å². The molecular formula is C9H17N5OS. The number of hydrazine groups is 1. The van der Waals surface area contributed by atoms with E-state index < -0.39 is 10.8 Å². The van der Waals surface area contributed by atoms with Crippen LogP contribution in [0.5, 0.6) is 0 Å². The predicted molar refractivity (Wildman–Crippen MR) is 66.6 cm³/mol. The van der Waals surface area contributed by atoms with Gasteiger partial charge in [-0.2, -0.15) is 4.98 Å². The van der Waals surface area contributed by atoms with Crippen molar-refractivity contribution in [1.29, 1.82) is 0 Å². The van der Waals surface area contributed by atoms with Gasteiger partial charge in [-0.25, -0.2) is 10.8 Å². The van der Waals surface area contributed by atoms with Crippen molar-refractivity contribution in [2.75, 3.05) is 28.8 Å². The highest BCUT2D eigenvalue weighted by Crippen LogP contribution is 2.08. The van der Waals surface area contributed by atoms with E-state index in [1.54, 1.807) is 0 Å². The number of hydrogen-bond acceptors (Lipinski definition) is 6. The minimum absolute atomic E-state index is 0.374. The lowest BCUT2D eigenvalue weighted by atomic mass is 10.4. The van der Waals surface area contributed by atoms with E-state index in [0.29, 0.717) is 29.8 Å². The first-order chi connectivity index (χ1) is 7.65. The summed E-state index contributed by atoms with van der Waals surface area (Å²) in [6.45, 7) is 4.39. The van der Waals surface area contributed by atoms with Gasteiger partial charge >= 0.3 is 0 Å². The topological polar surface area (TPSA) is 92.9 Å². The molecule has 1 rings (SSSR count). The second-order valence-electron chi connectivity index (χ2n) is 3.22. The maximum absolute atomic E-state index is 11.2. The molecule has 0 aliphatic rings. The van der Waals surface area contributed by atoms with Gasteiger partial charge in [-0.1, -0.05) is 6.92 Å². The molecule has 90 valence electrons. The van der Waals surface area contributed by atoms with E-state index in [9.17, 15) is 4.21 Å². The third-order valence-corrected chi connectivity index (χ3v) is 3.24. The molecule has 1 aromatic rings. The molecule has 0 aliphatic carbocycles. The normalized spacial score (nSPS) is 12.2. The van der Waals surface area contributed by atoms with Gasteiger partial charge in [-0.05, 0) is 6.92 Å². The number of hydrogen-bond donors (Lipinski definition) is 3. The molecule has 4 N–H and O–H groups in total. The third-order valence-electron chi connectivity index (χ3n) is 1.94. The van der Waals surface area contributed by atoms with E-state index in [1.165, 1.54) is 0 Å². The first-order valence-corrected chi connectivity index (χ1v) is 6.55. The van der Waals surface area contributed by atoms with Crippen LogP contribution in [0.2, 0.25) is 0 Å². The van der Waals surface area contributed by atoms with Gasteiger partial charge in [0.25, 0.3) is 0 Å². The Morgan fingerprint density at radius 3 is 2.88 bits per heavy atom. The van der Waals surface area contributed by atoms with Crippen LogP contribution in [0, 0.1) is 6.92 Å². The second-order valence-corrected chi connectivity index (χ2v) is 5.09. The van der Waals surface area contributed by atoms with Crippen LogP contribution >= 0.6 is 0 Å². The highest BCUT2D eigenvalue weighted by atomic mass is 32.2. The summed E-state index contributed by atoms with van der Waals surface area (Å²) in [5.74, 6) is 7.59. The van der Waals surface area contributed by atoms with Gasteiger partial charge in [0, 0.05) is 40.6 Å². The molecule has 0 aromatic carbocycles. The summed E-state index contributed by atoms with van der Waals surface area (Å²) in [6.07, 6.45) is 0. The van der Waals surface area contributed by atoms with Crippen LogP contribution in [0.25, 0.3) is 0 Å². The lowest BCUT2D eigenvalue weighted by molar-refractivity contribution is 0.684. The molecular weight excluding hydrogens is 226 g/mol. The van der Waals surface area contributed by atoms with Crippen molar-refractivity contribution in [3.05, 3.63) is 11.8 Å². The van der Waals surface area contributed by atoms with Crippen LogP contribution in [0.4, 0.5) is 11.8 Å². The molecule has 0 amide bonds. The van der Waals surface area contributed by atoms with E-state index >= 15 is 0 Å². The molecule has 1 atom stereocenters. The minimum atomic E-state index is -0.759. The Labute approximate surface area is 97.5 Å². The van der Waals surface area contributed by atoms with Crippen LogP contribution < -0.4 is 16.6 Å². The van der Waals surface area contributed by atoms with Crippen molar-refractivity contribution in [2.45, 2.75) is 13.8 Å². The maximum atomic E-state index is 11.2. The smallest absolute Gasteiger partial charge is 0.239 e. The molecule has 0 radical (unpaired) electrons. The number of nitrogens with one attached hydrogen (secondary N) is 2. The quantitative estimate of drug-likeness (QED) is 0.490. The zero-order valence-electron chi connectivity index (χ0n) is 9.49. The van der Waals surface area contributed by atoms with Crippen molar-refractivity contribution in [3.63, 3.8) is 0 Å². The first kappa shape index (κ1) is 12.9. The first-order valence-electron chi connectivity index (χ1n) is 5.07. The number of aromatic nitrogens is 2. The molecule has 1 aromatic heterocycles. The summed E-state index contributed by atoms with van der Waals surface area (Å²) in [5.41, 5.74) is 3.22. The SMILES string of the molecule is CCS(=O)CCNc1cc(C)nc(NN)n1. The fourth-order valence-corrected chi connectivity index (χ4v) is 1.78. The van der Waals surface area contributed by atoms with E-state index in [1.807, 2.05) is 19.9 Å². The monoisotopic (exact) mass is 243 g/mol. The Kier molecular flexibility index (Phi) is 5.13. The Morgan fingerprint density at radius 1 is 1.50 bits per heavy atom. The zero-order chi connectivity index (χ0) is 12.0. The van der Waals surface area contributed by atoms with Gasteiger partial charge in [-0.15, -0.1) is 0 Å². The van der Waals surface area contributed by atoms with Crippen molar-refractivity contribution < 1.29 is 4.21 Å². The van der Waals surface area contributed by atoms with Crippen LogP contribution in [0.15, 0.2) is 6.07 Å². The average molecular weight is 243 g/mol. The lowest BCUT2D eigenvalue weighted by Gasteiger charge is -2.07. The second kappa shape index (κ2) is 6.39. The van der Waals surface area contributed by atoms with Crippen LogP contribution in [-0.2, 0) is 10.8 Å². The Balaban J connectivity index is 2.53. The van der Waals surface area contributed by atoms with E-state index in [-0.39, 0.29) is 0 Å². The summed E-state index contributed by atoms with van der Waals surface area (Å²) >= 11 is 0. The third kappa shape index (κ3) is 4.11. The van der Waals surface area contributed by atoms with Crippen molar-refractivity contribution in [3.8, 4) is 0 Å². The molecule has 0 bridgehead atoms. The number of nitrogen functional groups attached to an aromatic ring is 1. The Morgan fingerprint density at radius 2 is 2.25 bits per heavy atom. The molecule has 7 heteroatoms. The van der Waals surface area contributed by atoms with Gasteiger partial charge in [0.1, 0.15) is 5.82 Å². The Bertz CT molecular complexity index is 371. The van der Waals surface area contributed by atoms with Gasteiger partial charge < -0.3 is 5.32 Å². The summed E-state index contributed by atoms with van der Waals surface area (Å²) in [7, 11) is -0.759. The summed E-state index contributed by atoms with van der Waals surface area (Å²) in [6, 6.07) is 1.82. The largest absolute Gasteiger partial charge is 0.369 e. The van der Waals surface area contributed by atoms with E-state index in [4.69, 9.17) is 5.84 Å². The number of nitrogens with two attached hydrogens (primary N) is 1. The lowest BCUT2D eigenvalue weighted by Crippen LogP contribution is -2.15. The standard InChI is InChI=1S/C9H17N5OS/c1-3-16(15)5-4-11-8-6-7(2)12-9(13-8)14-10/h6H,3-5,10H2,1-2H3,(H2,11,12,13,14). The maximum Gasteiger partial charge on any atom is 0.239 e. The molecule has 0 fully saturated rings.